The number of ether oxygens (including phenoxy) is 2. The lowest BCUT2D eigenvalue weighted by atomic mass is 9.89. The molecule has 0 atom stereocenters. The van der Waals surface area contributed by atoms with Crippen molar-refractivity contribution >= 4 is 27.7 Å². The van der Waals surface area contributed by atoms with E-state index in [2.05, 4.69) is 57.6 Å². The molecule has 1 saturated heterocycles. The molecular weight excluding hydrogens is 479 g/mol. The Labute approximate surface area is 222 Å². The minimum absolute atomic E-state index is 0.150. The van der Waals surface area contributed by atoms with E-state index in [1.165, 1.54) is 11.1 Å². The summed E-state index contributed by atoms with van der Waals surface area (Å²) in [7, 11) is 3.42. The van der Waals surface area contributed by atoms with Crippen LogP contribution in [0.4, 0.5) is 10.1 Å². The minimum Gasteiger partial charge on any atom is -0.370 e. The normalized spacial score (nSPS) is 16.8. The number of hydrogen-bond acceptors (Lipinski definition) is 5. The molecular formula is C31H33FN4O2. The number of rotatable bonds is 6. The number of pyridine rings is 1. The van der Waals surface area contributed by atoms with Crippen LogP contribution in [0.3, 0.4) is 0 Å². The molecule has 2 aliphatic rings. The van der Waals surface area contributed by atoms with Crippen LogP contribution in [0.5, 0.6) is 0 Å². The Balaban J connectivity index is 1.39. The van der Waals surface area contributed by atoms with Gasteiger partial charge in [0.15, 0.2) is 6.29 Å². The second-order valence-electron chi connectivity index (χ2n) is 10.2. The highest BCUT2D eigenvalue weighted by Crippen LogP contribution is 2.42. The summed E-state index contributed by atoms with van der Waals surface area (Å²) in [6.45, 7) is 1.88. The third kappa shape index (κ3) is 4.50. The number of piperidine rings is 1. The largest absolute Gasteiger partial charge is 0.370 e. The zero-order chi connectivity index (χ0) is 26.1. The number of H-pyrrole nitrogens is 1. The summed E-state index contributed by atoms with van der Waals surface area (Å²) in [6, 6.07) is 18.8. The first kappa shape index (κ1) is 24.8. The van der Waals surface area contributed by atoms with Crippen LogP contribution in [0, 0.1) is 11.9 Å². The lowest BCUT2D eigenvalue weighted by Gasteiger charge is -2.36. The Morgan fingerprint density at radius 1 is 0.974 bits per heavy atom. The van der Waals surface area contributed by atoms with Gasteiger partial charge in [-0.25, -0.2) is 0 Å². The molecule has 7 heteroatoms. The number of nitrogens with one attached hydrogen (secondary N) is 1. The number of fused-ring (bicyclic) bond motifs is 3. The summed E-state index contributed by atoms with van der Waals surface area (Å²) in [5, 5.41) is 7.29. The lowest BCUT2D eigenvalue weighted by molar-refractivity contribution is -0.141. The van der Waals surface area contributed by atoms with Gasteiger partial charge in [-0.3, -0.25) is 10.1 Å². The smallest absolute Gasteiger partial charge is 0.240 e. The zero-order valence-corrected chi connectivity index (χ0v) is 21.9. The highest BCUT2D eigenvalue weighted by molar-refractivity contribution is 6.02. The fourth-order valence-corrected chi connectivity index (χ4v) is 6.22. The number of benzene rings is 2. The molecule has 1 aliphatic carbocycles. The fourth-order valence-electron chi connectivity index (χ4n) is 6.22. The van der Waals surface area contributed by atoms with Crippen LogP contribution >= 0.6 is 0 Å². The van der Waals surface area contributed by atoms with Gasteiger partial charge < -0.3 is 14.4 Å². The maximum Gasteiger partial charge on any atom is 0.240 e. The van der Waals surface area contributed by atoms with Crippen molar-refractivity contribution in [2.24, 2.45) is 5.92 Å². The first-order valence-corrected chi connectivity index (χ1v) is 13.4. The summed E-state index contributed by atoms with van der Waals surface area (Å²) in [4.78, 5) is 7.39. The molecule has 2 aromatic carbocycles. The van der Waals surface area contributed by atoms with E-state index in [1.807, 2.05) is 18.3 Å². The van der Waals surface area contributed by atoms with Crippen molar-refractivity contribution in [2.75, 3.05) is 32.2 Å². The third-order valence-electron chi connectivity index (χ3n) is 8.10. The third-order valence-corrected chi connectivity index (χ3v) is 8.10. The molecule has 1 fully saturated rings. The molecule has 0 spiro atoms. The van der Waals surface area contributed by atoms with E-state index in [-0.39, 0.29) is 6.29 Å². The van der Waals surface area contributed by atoms with E-state index < -0.39 is 5.95 Å². The van der Waals surface area contributed by atoms with Crippen LogP contribution in [0.2, 0.25) is 0 Å². The van der Waals surface area contributed by atoms with Crippen LogP contribution in [-0.2, 0) is 15.9 Å². The van der Waals surface area contributed by atoms with E-state index in [0.29, 0.717) is 11.3 Å². The van der Waals surface area contributed by atoms with E-state index in [9.17, 15) is 4.39 Å². The Morgan fingerprint density at radius 2 is 1.76 bits per heavy atom. The van der Waals surface area contributed by atoms with Gasteiger partial charge >= 0.3 is 0 Å². The Morgan fingerprint density at radius 3 is 2.47 bits per heavy atom. The topological polar surface area (TPSA) is 63.3 Å². The predicted molar refractivity (Wildman–Crippen MR) is 148 cm³/mol. The van der Waals surface area contributed by atoms with Crippen molar-refractivity contribution in [3.05, 3.63) is 89.1 Å². The molecule has 0 saturated carbocycles. The van der Waals surface area contributed by atoms with Crippen LogP contribution in [0.25, 0.3) is 22.0 Å². The van der Waals surface area contributed by atoms with Crippen molar-refractivity contribution in [1.29, 1.82) is 0 Å². The Hall–Kier alpha value is -3.55. The predicted octanol–water partition coefficient (Wildman–Crippen LogP) is 6.23. The lowest BCUT2D eigenvalue weighted by Crippen LogP contribution is -2.39. The van der Waals surface area contributed by atoms with Crippen molar-refractivity contribution < 1.29 is 13.9 Å². The molecule has 3 heterocycles. The van der Waals surface area contributed by atoms with Crippen LogP contribution in [-0.4, -0.2) is 48.8 Å². The molecule has 4 aromatic rings. The SMILES string of the molecule is COC(OC)C1CCN(c2ccc(C3=C(c4ccccc4)CCCc4c3ccc3[nH]nc(F)c43)nc2)CC1. The van der Waals surface area contributed by atoms with Gasteiger partial charge in [-0.15, -0.1) is 5.10 Å². The molecule has 0 unspecified atom stereocenters. The minimum atomic E-state index is -0.435. The van der Waals surface area contributed by atoms with Crippen molar-refractivity contribution in [3.63, 3.8) is 0 Å². The highest BCUT2D eigenvalue weighted by Gasteiger charge is 2.28. The van der Waals surface area contributed by atoms with E-state index in [1.54, 1.807) is 14.2 Å². The standard InChI is InChI=1S/C31H33FN4O2/c1-37-31(38-2)21-15-17-36(18-16-21)22-11-13-26(33-19-22)28-23(20-7-4-3-5-8-20)9-6-10-24-25(28)12-14-27-29(24)30(32)35-34-27/h3-5,7-8,11-14,19,21,31H,6,9-10,15-18H2,1-2H3,(H,34,35). The number of anilines is 1. The molecule has 6 nitrogen and oxygen atoms in total. The van der Waals surface area contributed by atoms with Crippen LogP contribution in [0.15, 0.2) is 60.8 Å². The first-order valence-electron chi connectivity index (χ1n) is 13.4. The van der Waals surface area contributed by atoms with Crippen LogP contribution < -0.4 is 4.90 Å². The maximum absolute atomic E-state index is 14.8. The average molecular weight is 513 g/mol. The quantitative estimate of drug-likeness (QED) is 0.311. The second-order valence-corrected chi connectivity index (χ2v) is 10.2. The molecule has 1 aliphatic heterocycles. The number of methoxy groups -OCH3 is 2. The summed E-state index contributed by atoms with van der Waals surface area (Å²) >= 11 is 0. The molecule has 0 amide bonds. The van der Waals surface area contributed by atoms with E-state index in [4.69, 9.17) is 14.5 Å². The van der Waals surface area contributed by atoms with Crippen LogP contribution in [0.1, 0.15) is 48.1 Å². The molecule has 1 N–H and O–H groups in total. The number of aromatic nitrogens is 3. The number of aryl methyl sites for hydroxylation is 1. The number of allylic oxidation sites excluding steroid dienone is 1. The van der Waals surface area contributed by atoms with Gasteiger partial charge in [0.25, 0.3) is 0 Å². The van der Waals surface area contributed by atoms with Gasteiger partial charge in [0.05, 0.1) is 28.5 Å². The summed E-state index contributed by atoms with van der Waals surface area (Å²) in [5.41, 5.74) is 8.33. The molecule has 6 rings (SSSR count). The van der Waals surface area contributed by atoms with E-state index >= 15 is 0 Å². The average Bonchev–Trinajstić information content (AvgIpc) is 3.24. The number of halogens is 1. The molecule has 0 radical (unpaired) electrons. The zero-order valence-electron chi connectivity index (χ0n) is 21.9. The summed E-state index contributed by atoms with van der Waals surface area (Å²) in [5.74, 6) is -0.0371. The number of aromatic amines is 1. The van der Waals surface area contributed by atoms with Crippen molar-refractivity contribution in [3.8, 4) is 0 Å². The number of nitrogens with zero attached hydrogens (tertiary/aromatic N) is 3. The molecule has 0 bridgehead atoms. The van der Waals surface area contributed by atoms with Gasteiger partial charge in [-0.1, -0.05) is 36.4 Å². The fraction of sp³-hybridized carbons (Fsp3) is 0.355. The van der Waals surface area contributed by atoms with Gasteiger partial charge in [0, 0.05) is 38.8 Å². The number of hydrogen-bond donors (Lipinski definition) is 1. The van der Waals surface area contributed by atoms with Crippen molar-refractivity contribution in [2.45, 2.75) is 38.4 Å². The summed E-state index contributed by atoms with van der Waals surface area (Å²) < 4.78 is 25.8. The summed E-state index contributed by atoms with van der Waals surface area (Å²) in [6.07, 6.45) is 6.47. The molecule has 196 valence electrons. The molecule has 38 heavy (non-hydrogen) atoms. The van der Waals surface area contributed by atoms with E-state index in [0.717, 1.165) is 78.8 Å². The monoisotopic (exact) mass is 512 g/mol. The van der Waals surface area contributed by atoms with Gasteiger partial charge in [0.1, 0.15) is 0 Å². The molecule has 2 aromatic heterocycles. The van der Waals surface area contributed by atoms with Gasteiger partial charge in [0.2, 0.25) is 5.95 Å². The maximum atomic E-state index is 14.8. The Kier molecular flexibility index (Phi) is 6.96. The Bertz CT molecular complexity index is 1440. The second kappa shape index (κ2) is 10.7. The van der Waals surface area contributed by atoms with Crippen molar-refractivity contribution in [1.82, 2.24) is 15.2 Å². The van der Waals surface area contributed by atoms with Gasteiger partial charge in [-0.05, 0) is 72.6 Å². The van der Waals surface area contributed by atoms with Gasteiger partial charge in [-0.2, -0.15) is 4.39 Å². The highest BCUT2D eigenvalue weighted by atomic mass is 19.1. The first-order chi connectivity index (χ1) is 18.7.